The number of fused-ring (bicyclic) bond motifs is 1. The first-order chi connectivity index (χ1) is 15.1. The Bertz CT molecular complexity index is 1280. The number of nitro groups is 1. The average molecular weight is 450 g/mol. The van der Waals surface area contributed by atoms with Crippen LogP contribution in [0.4, 0.5) is 18.9 Å². The molecule has 9 nitrogen and oxygen atoms in total. The number of rotatable bonds is 7. The van der Waals surface area contributed by atoms with Crippen molar-refractivity contribution in [1.82, 2.24) is 14.7 Å². The first-order valence-electron chi connectivity index (χ1n) is 9.35. The maximum absolute atomic E-state index is 13.1. The second-order valence-electron chi connectivity index (χ2n) is 6.94. The van der Waals surface area contributed by atoms with Gasteiger partial charge in [0.05, 0.1) is 28.8 Å². The molecule has 1 N–H and O–H groups in total. The lowest BCUT2D eigenvalue weighted by molar-refractivity contribution is -0.385. The predicted molar refractivity (Wildman–Crippen MR) is 108 cm³/mol. The maximum atomic E-state index is 13.1. The van der Waals surface area contributed by atoms with Crippen molar-refractivity contribution in [2.75, 3.05) is 6.54 Å². The van der Waals surface area contributed by atoms with E-state index in [0.717, 1.165) is 10.7 Å². The molecule has 0 spiro atoms. The molecule has 2 aromatic carbocycles. The van der Waals surface area contributed by atoms with Crippen LogP contribution in [0.3, 0.4) is 0 Å². The van der Waals surface area contributed by atoms with Gasteiger partial charge in [-0.3, -0.25) is 29.6 Å². The quantitative estimate of drug-likeness (QED) is 0.439. The molecular weight excluding hydrogens is 433 g/mol. The van der Waals surface area contributed by atoms with Crippen molar-refractivity contribution >= 4 is 22.4 Å². The summed E-state index contributed by atoms with van der Waals surface area (Å²) in [6.45, 7) is -2.64. The number of para-hydroxylation sites is 1. The standard InChI is InChI=1S/C20H17F3N4O5/c21-20(22,23)12-25(11-13-5-1-4-8-16(13)27(31)32)17(28)9-10-26-19(30)15-7-3-2-6-14(15)18(29)24-26/h1-8H,9-12H2,(H,24,29). The number of carbonyl (C=O) groups is 1. The van der Waals surface area contributed by atoms with E-state index >= 15 is 0 Å². The summed E-state index contributed by atoms with van der Waals surface area (Å²) in [5, 5.41) is 13.7. The molecule has 0 saturated carbocycles. The molecule has 0 aliphatic heterocycles. The van der Waals surface area contributed by atoms with E-state index in [-0.39, 0.29) is 22.9 Å². The highest BCUT2D eigenvalue weighted by molar-refractivity contribution is 5.80. The fourth-order valence-electron chi connectivity index (χ4n) is 3.25. The van der Waals surface area contributed by atoms with Crippen molar-refractivity contribution in [2.45, 2.75) is 25.7 Å². The number of halogens is 3. The highest BCUT2D eigenvalue weighted by Gasteiger charge is 2.33. The summed E-state index contributed by atoms with van der Waals surface area (Å²) in [4.78, 5) is 48.1. The number of H-pyrrole nitrogens is 1. The molecule has 32 heavy (non-hydrogen) atoms. The molecule has 0 atom stereocenters. The lowest BCUT2D eigenvalue weighted by Gasteiger charge is -2.24. The molecule has 0 radical (unpaired) electrons. The molecule has 0 aliphatic rings. The zero-order valence-electron chi connectivity index (χ0n) is 16.5. The van der Waals surface area contributed by atoms with Gasteiger partial charge in [0, 0.05) is 18.1 Å². The third kappa shape index (κ3) is 5.20. The fourth-order valence-corrected chi connectivity index (χ4v) is 3.25. The van der Waals surface area contributed by atoms with E-state index in [1.807, 2.05) is 0 Å². The van der Waals surface area contributed by atoms with Crippen LogP contribution >= 0.6 is 0 Å². The number of benzene rings is 2. The SMILES string of the molecule is O=C(CCn1[nH]c(=O)c2ccccc2c1=O)N(Cc1ccccc1[N+](=O)[O-])CC(F)(F)F. The van der Waals surface area contributed by atoms with Crippen molar-refractivity contribution in [1.29, 1.82) is 0 Å². The van der Waals surface area contributed by atoms with Gasteiger partial charge in [-0.25, -0.2) is 4.68 Å². The number of nitrogens with one attached hydrogen (secondary N) is 1. The van der Waals surface area contributed by atoms with Crippen LogP contribution < -0.4 is 11.1 Å². The smallest absolute Gasteiger partial charge is 0.329 e. The lowest BCUT2D eigenvalue weighted by atomic mass is 10.1. The van der Waals surface area contributed by atoms with Gasteiger partial charge in [-0.05, 0) is 12.1 Å². The normalized spacial score (nSPS) is 11.5. The molecule has 0 bridgehead atoms. The molecule has 1 heterocycles. The summed E-state index contributed by atoms with van der Waals surface area (Å²) in [6.07, 6.45) is -5.28. The summed E-state index contributed by atoms with van der Waals surface area (Å²) in [5.74, 6) is -0.985. The Labute approximate surface area is 177 Å². The molecule has 0 fully saturated rings. The number of aromatic amines is 1. The zero-order valence-corrected chi connectivity index (χ0v) is 16.5. The number of amides is 1. The number of hydrogen-bond acceptors (Lipinski definition) is 5. The molecule has 0 unspecified atom stereocenters. The Hall–Kier alpha value is -3.96. The van der Waals surface area contributed by atoms with Gasteiger partial charge in [-0.15, -0.1) is 0 Å². The van der Waals surface area contributed by atoms with Crippen LogP contribution in [-0.4, -0.2) is 38.2 Å². The minimum absolute atomic E-state index is 0.0635. The minimum Gasteiger partial charge on any atom is -0.329 e. The van der Waals surface area contributed by atoms with Gasteiger partial charge < -0.3 is 4.90 Å². The van der Waals surface area contributed by atoms with E-state index in [1.54, 1.807) is 12.1 Å². The van der Waals surface area contributed by atoms with Crippen LogP contribution in [0.1, 0.15) is 12.0 Å². The van der Waals surface area contributed by atoms with Gasteiger partial charge in [-0.1, -0.05) is 30.3 Å². The number of aryl methyl sites for hydroxylation is 1. The Kier molecular flexibility index (Phi) is 6.42. The van der Waals surface area contributed by atoms with Crippen molar-refractivity contribution in [3.63, 3.8) is 0 Å². The average Bonchev–Trinajstić information content (AvgIpc) is 2.74. The molecule has 3 rings (SSSR count). The van der Waals surface area contributed by atoms with E-state index in [2.05, 4.69) is 5.10 Å². The van der Waals surface area contributed by atoms with Crippen molar-refractivity contribution in [3.05, 3.63) is 84.9 Å². The van der Waals surface area contributed by atoms with Gasteiger partial charge in [0.2, 0.25) is 5.91 Å². The number of hydrogen-bond donors (Lipinski definition) is 1. The van der Waals surface area contributed by atoms with Gasteiger partial charge in [0.1, 0.15) is 6.54 Å². The predicted octanol–water partition coefficient (Wildman–Crippen LogP) is 2.58. The number of carbonyl (C=O) groups excluding carboxylic acids is 1. The highest BCUT2D eigenvalue weighted by atomic mass is 19.4. The van der Waals surface area contributed by atoms with Crippen LogP contribution in [0.15, 0.2) is 58.1 Å². The Morgan fingerprint density at radius 1 is 1.06 bits per heavy atom. The Morgan fingerprint density at radius 2 is 1.69 bits per heavy atom. The van der Waals surface area contributed by atoms with E-state index in [0.29, 0.717) is 4.90 Å². The summed E-state index contributed by atoms with van der Waals surface area (Å²) < 4.78 is 40.0. The number of nitrogens with zero attached hydrogens (tertiary/aromatic N) is 3. The summed E-state index contributed by atoms with van der Waals surface area (Å²) in [5.41, 5.74) is -1.66. The van der Waals surface area contributed by atoms with Crippen LogP contribution in [0.25, 0.3) is 10.8 Å². The second-order valence-corrected chi connectivity index (χ2v) is 6.94. The molecular formula is C20H17F3N4O5. The van der Waals surface area contributed by atoms with Crippen molar-refractivity contribution < 1.29 is 22.9 Å². The first-order valence-corrected chi connectivity index (χ1v) is 9.35. The van der Waals surface area contributed by atoms with E-state index in [1.165, 1.54) is 30.3 Å². The molecule has 3 aromatic rings. The van der Waals surface area contributed by atoms with Crippen molar-refractivity contribution in [3.8, 4) is 0 Å². The number of nitro benzene ring substituents is 1. The van der Waals surface area contributed by atoms with Crippen LogP contribution in [0.5, 0.6) is 0 Å². The van der Waals surface area contributed by atoms with E-state index in [9.17, 15) is 37.7 Å². The first kappa shape index (κ1) is 22.7. The van der Waals surface area contributed by atoms with Crippen LogP contribution in [0, 0.1) is 10.1 Å². The van der Waals surface area contributed by atoms with E-state index < -0.39 is 53.3 Å². The highest BCUT2D eigenvalue weighted by Crippen LogP contribution is 2.23. The molecule has 0 aliphatic carbocycles. The maximum Gasteiger partial charge on any atom is 0.406 e. The van der Waals surface area contributed by atoms with Gasteiger partial charge in [0.15, 0.2) is 0 Å². The third-order valence-electron chi connectivity index (χ3n) is 4.71. The fraction of sp³-hybridized carbons (Fsp3) is 0.250. The molecule has 0 saturated heterocycles. The van der Waals surface area contributed by atoms with Gasteiger partial charge >= 0.3 is 6.18 Å². The topological polar surface area (TPSA) is 118 Å². The van der Waals surface area contributed by atoms with Crippen molar-refractivity contribution in [2.24, 2.45) is 0 Å². The third-order valence-corrected chi connectivity index (χ3v) is 4.71. The minimum atomic E-state index is -4.74. The van der Waals surface area contributed by atoms with Gasteiger partial charge in [-0.2, -0.15) is 13.2 Å². The second kappa shape index (κ2) is 9.04. The summed E-state index contributed by atoms with van der Waals surface area (Å²) in [6, 6.07) is 11.2. The molecule has 1 aromatic heterocycles. The number of aromatic nitrogens is 2. The largest absolute Gasteiger partial charge is 0.406 e. The zero-order chi connectivity index (χ0) is 23.5. The van der Waals surface area contributed by atoms with Crippen LogP contribution in [-0.2, 0) is 17.9 Å². The lowest BCUT2D eigenvalue weighted by Crippen LogP contribution is -2.39. The van der Waals surface area contributed by atoms with Gasteiger partial charge in [0.25, 0.3) is 16.8 Å². The number of alkyl halides is 3. The summed E-state index contributed by atoms with van der Waals surface area (Å²) in [7, 11) is 0. The Morgan fingerprint density at radius 3 is 2.34 bits per heavy atom. The molecule has 168 valence electrons. The monoisotopic (exact) mass is 450 g/mol. The summed E-state index contributed by atoms with van der Waals surface area (Å²) >= 11 is 0. The Balaban J connectivity index is 1.85. The van der Waals surface area contributed by atoms with Crippen LogP contribution in [0.2, 0.25) is 0 Å². The molecule has 1 amide bonds. The molecule has 12 heteroatoms. The van der Waals surface area contributed by atoms with E-state index in [4.69, 9.17) is 0 Å².